The molecule has 9 heteroatoms. The molecule has 0 aliphatic carbocycles. The lowest BCUT2D eigenvalue weighted by Crippen LogP contribution is -2.37. The number of halogens is 3. The summed E-state index contributed by atoms with van der Waals surface area (Å²) in [6.45, 7) is 0.972. The van der Waals surface area contributed by atoms with Crippen LogP contribution < -0.4 is 4.74 Å². The summed E-state index contributed by atoms with van der Waals surface area (Å²) in [5, 5.41) is 0. The molecule has 1 fully saturated rings. The molecule has 2 heterocycles. The number of ether oxygens (including phenoxy) is 2. The van der Waals surface area contributed by atoms with E-state index in [1.807, 2.05) is 0 Å². The predicted octanol–water partition coefficient (Wildman–Crippen LogP) is 3.91. The van der Waals surface area contributed by atoms with E-state index in [4.69, 9.17) is 13.9 Å². The molecule has 0 saturated carbocycles. The number of likely N-dealkylation sites (N-methyl/N-ethyl adjacent to an activating group) is 1. The molecule has 1 saturated heterocycles. The van der Waals surface area contributed by atoms with Gasteiger partial charge < -0.3 is 18.8 Å². The second kappa shape index (κ2) is 8.64. The minimum Gasteiger partial charge on any atom is -0.484 e. The number of nitrogens with zero attached hydrogens (tertiary/aromatic N) is 2. The summed E-state index contributed by atoms with van der Waals surface area (Å²) in [6.07, 6.45) is -0.203. The van der Waals surface area contributed by atoms with Gasteiger partial charge in [0.2, 0.25) is 5.89 Å². The first kappa shape index (κ1) is 20.2. The highest BCUT2D eigenvalue weighted by molar-refractivity contribution is 5.91. The third kappa shape index (κ3) is 5.25. The van der Waals surface area contributed by atoms with E-state index in [0.717, 1.165) is 31.4 Å². The smallest absolute Gasteiger partial charge is 0.416 e. The fraction of sp³-hybridized carbons (Fsp3) is 0.474. The predicted molar refractivity (Wildman–Crippen MR) is 92.8 cm³/mol. The minimum absolute atomic E-state index is 0.0123. The van der Waals surface area contributed by atoms with Gasteiger partial charge in [0.05, 0.1) is 11.7 Å². The van der Waals surface area contributed by atoms with Gasteiger partial charge in [0, 0.05) is 20.2 Å². The van der Waals surface area contributed by atoms with Crippen molar-refractivity contribution in [3.8, 4) is 5.75 Å². The maximum Gasteiger partial charge on any atom is 0.416 e. The van der Waals surface area contributed by atoms with E-state index in [9.17, 15) is 18.0 Å². The Balaban J connectivity index is 1.55. The van der Waals surface area contributed by atoms with Crippen LogP contribution in [0.4, 0.5) is 13.2 Å². The van der Waals surface area contributed by atoms with Gasteiger partial charge in [-0.25, -0.2) is 4.98 Å². The number of rotatable bonds is 6. The second-order valence-electron chi connectivity index (χ2n) is 6.62. The van der Waals surface area contributed by atoms with Crippen molar-refractivity contribution in [2.24, 2.45) is 0 Å². The lowest BCUT2D eigenvalue weighted by molar-refractivity contribution is -0.137. The molecule has 6 nitrogen and oxygen atoms in total. The van der Waals surface area contributed by atoms with Crippen LogP contribution >= 0.6 is 0 Å². The van der Waals surface area contributed by atoms with Crippen LogP contribution in [0.15, 0.2) is 34.9 Å². The van der Waals surface area contributed by atoms with Crippen molar-refractivity contribution in [1.82, 2.24) is 9.88 Å². The van der Waals surface area contributed by atoms with E-state index in [-0.39, 0.29) is 36.0 Å². The standard InChI is InChI=1S/C19H21F3N2O4/c1-24(10-15-6-2-3-8-26-15)18(25)16-11-28-17(23-16)12-27-14-7-4-5-13(9-14)19(20,21)22/h4-5,7,9,11,15H,2-3,6,8,10,12H2,1H3. The molecule has 1 amide bonds. The Morgan fingerprint density at radius 1 is 1.36 bits per heavy atom. The molecule has 3 rings (SSSR count). The summed E-state index contributed by atoms with van der Waals surface area (Å²) in [5.74, 6) is -0.182. The Labute approximate surface area is 160 Å². The fourth-order valence-electron chi connectivity index (χ4n) is 2.92. The third-order valence-corrected chi connectivity index (χ3v) is 4.39. The Morgan fingerprint density at radius 3 is 2.89 bits per heavy atom. The highest BCUT2D eigenvalue weighted by Crippen LogP contribution is 2.31. The number of benzene rings is 1. The summed E-state index contributed by atoms with van der Waals surface area (Å²) in [7, 11) is 1.66. The highest BCUT2D eigenvalue weighted by Gasteiger charge is 2.30. The largest absolute Gasteiger partial charge is 0.484 e. The molecule has 0 bridgehead atoms. The molecule has 1 aliphatic rings. The zero-order valence-corrected chi connectivity index (χ0v) is 15.4. The van der Waals surface area contributed by atoms with Crippen LogP contribution in [0.1, 0.15) is 41.2 Å². The van der Waals surface area contributed by atoms with Crippen LogP contribution in [0.5, 0.6) is 5.75 Å². The minimum atomic E-state index is -4.45. The van der Waals surface area contributed by atoms with Gasteiger partial charge in [-0.2, -0.15) is 13.2 Å². The number of amides is 1. The summed E-state index contributed by atoms with van der Waals surface area (Å²) in [6, 6.07) is 4.51. The first-order valence-corrected chi connectivity index (χ1v) is 8.94. The highest BCUT2D eigenvalue weighted by atomic mass is 19.4. The van der Waals surface area contributed by atoms with Gasteiger partial charge in [-0.05, 0) is 37.5 Å². The fourth-order valence-corrected chi connectivity index (χ4v) is 2.92. The van der Waals surface area contributed by atoms with Gasteiger partial charge in [0.15, 0.2) is 12.3 Å². The first-order valence-electron chi connectivity index (χ1n) is 8.94. The van der Waals surface area contributed by atoms with Crippen LogP contribution in [-0.4, -0.2) is 42.1 Å². The van der Waals surface area contributed by atoms with Crippen LogP contribution in [0.3, 0.4) is 0 Å². The van der Waals surface area contributed by atoms with E-state index < -0.39 is 11.7 Å². The summed E-state index contributed by atoms with van der Waals surface area (Å²) in [4.78, 5) is 18.0. The lowest BCUT2D eigenvalue weighted by atomic mass is 10.1. The van der Waals surface area contributed by atoms with E-state index in [0.29, 0.717) is 13.2 Å². The lowest BCUT2D eigenvalue weighted by Gasteiger charge is -2.26. The molecule has 1 aliphatic heterocycles. The number of hydrogen-bond acceptors (Lipinski definition) is 5. The average molecular weight is 398 g/mol. The van der Waals surface area contributed by atoms with Crippen LogP contribution in [0.25, 0.3) is 0 Å². The molecule has 0 radical (unpaired) electrons. The molecule has 1 aromatic carbocycles. The quantitative estimate of drug-likeness (QED) is 0.738. The summed E-state index contributed by atoms with van der Waals surface area (Å²) >= 11 is 0. The SMILES string of the molecule is CN(CC1CCCCO1)C(=O)c1coc(COc2cccc(C(F)(F)F)c2)n1. The molecule has 28 heavy (non-hydrogen) atoms. The van der Waals surface area contributed by atoms with E-state index >= 15 is 0 Å². The van der Waals surface area contributed by atoms with Crippen LogP contribution in [0.2, 0.25) is 0 Å². The normalized spacial score (nSPS) is 17.4. The topological polar surface area (TPSA) is 64.8 Å². The van der Waals surface area contributed by atoms with Crippen molar-refractivity contribution in [3.63, 3.8) is 0 Å². The molecule has 1 atom stereocenters. The molecule has 1 aromatic heterocycles. The third-order valence-electron chi connectivity index (χ3n) is 4.39. The summed E-state index contributed by atoms with van der Waals surface area (Å²) < 4.78 is 54.3. The second-order valence-corrected chi connectivity index (χ2v) is 6.62. The van der Waals surface area contributed by atoms with E-state index in [2.05, 4.69) is 4.98 Å². The monoisotopic (exact) mass is 398 g/mol. The number of carbonyl (C=O) groups excluding carboxylic acids is 1. The van der Waals surface area contributed by atoms with Gasteiger partial charge in [-0.3, -0.25) is 4.79 Å². The number of carbonyl (C=O) groups is 1. The molecule has 2 aromatic rings. The molecular formula is C19H21F3N2O4. The van der Waals surface area contributed by atoms with Crippen molar-refractivity contribution in [2.75, 3.05) is 20.2 Å². The molecule has 0 N–H and O–H groups in total. The van der Waals surface area contributed by atoms with Gasteiger partial charge in [-0.15, -0.1) is 0 Å². The van der Waals surface area contributed by atoms with Gasteiger partial charge in [0.1, 0.15) is 12.0 Å². The Hall–Kier alpha value is -2.55. The molecule has 152 valence electrons. The molecule has 1 unspecified atom stereocenters. The Bertz CT molecular complexity index is 800. The van der Waals surface area contributed by atoms with Crippen LogP contribution in [0, 0.1) is 0 Å². The number of aromatic nitrogens is 1. The van der Waals surface area contributed by atoms with Gasteiger partial charge in [0.25, 0.3) is 5.91 Å². The van der Waals surface area contributed by atoms with Gasteiger partial charge >= 0.3 is 6.18 Å². The zero-order valence-electron chi connectivity index (χ0n) is 15.4. The van der Waals surface area contributed by atoms with Crippen LogP contribution in [-0.2, 0) is 17.5 Å². The van der Waals surface area contributed by atoms with E-state index in [1.165, 1.54) is 23.3 Å². The van der Waals surface area contributed by atoms with Crippen molar-refractivity contribution < 1.29 is 31.9 Å². The average Bonchev–Trinajstić information content (AvgIpc) is 3.15. The van der Waals surface area contributed by atoms with Crippen molar-refractivity contribution in [1.29, 1.82) is 0 Å². The van der Waals surface area contributed by atoms with Crippen molar-refractivity contribution >= 4 is 5.91 Å². The number of alkyl halides is 3. The number of oxazole rings is 1. The Kier molecular flexibility index (Phi) is 6.23. The maximum atomic E-state index is 12.7. The first-order chi connectivity index (χ1) is 13.3. The molecular weight excluding hydrogens is 377 g/mol. The summed E-state index contributed by atoms with van der Waals surface area (Å²) in [5.41, 5.74) is -0.694. The van der Waals surface area contributed by atoms with Gasteiger partial charge in [-0.1, -0.05) is 6.07 Å². The number of hydrogen-bond donors (Lipinski definition) is 0. The van der Waals surface area contributed by atoms with Crippen molar-refractivity contribution in [2.45, 2.75) is 38.1 Å². The maximum absolute atomic E-state index is 12.7. The molecule has 0 spiro atoms. The zero-order chi connectivity index (χ0) is 20.1. The van der Waals surface area contributed by atoms with E-state index in [1.54, 1.807) is 7.05 Å². The van der Waals surface area contributed by atoms with Crippen molar-refractivity contribution in [3.05, 3.63) is 47.7 Å². The Morgan fingerprint density at radius 2 is 2.18 bits per heavy atom.